The predicted molar refractivity (Wildman–Crippen MR) is 123 cm³/mol. The number of ether oxygens (including phenoxy) is 1. The number of carbonyl (C=O) groups excluding carboxylic acids is 2. The van der Waals surface area contributed by atoms with Crippen LogP contribution < -0.4 is 9.04 Å². The van der Waals surface area contributed by atoms with Crippen LogP contribution in [0.2, 0.25) is 0 Å². The van der Waals surface area contributed by atoms with Crippen LogP contribution in [0.25, 0.3) is 0 Å². The quantitative estimate of drug-likeness (QED) is 0.514. The van der Waals surface area contributed by atoms with E-state index < -0.39 is 10.0 Å². The SMILES string of the molecule is CC(=O)c1c(C)[nH]c(C(=O)COc2ccc(N(C)S(=O)(=O)c3ccc(C)cc3)cc2)c1C. The van der Waals surface area contributed by atoms with Gasteiger partial charge in [0.05, 0.1) is 16.3 Å². The molecule has 7 nitrogen and oxygen atoms in total. The molecule has 8 heteroatoms. The van der Waals surface area contributed by atoms with Crippen LogP contribution in [0.5, 0.6) is 5.75 Å². The molecule has 168 valence electrons. The van der Waals surface area contributed by atoms with Crippen molar-refractivity contribution in [3.8, 4) is 5.75 Å². The summed E-state index contributed by atoms with van der Waals surface area (Å²) in [6.07, 6.45) is 0. The van der Waals surface area contributed by atoms with Gasteiger partial charge in [-0.05, 0) is 69.7 Å². The molecule has 0 amide bonds. The second-order valence-corrected chi connectivity index (χ2v) is 9.64. The molecule has 3 rings (SSSR count). The Morgan fingerprint density at radius 3 is 2.09 bits per heavy atom. The maximum absolute atomic E-state index is 12.8. The van der Waals surface area contributed by atoms with Gasteiger partial charge in [-0.2, -0.15) is 0 Å². The van der Waals surface area contributed by atoms with Crippen molar-refractivity contribution in [2.24, 2.45) is 0 Å². The Morgan fingerprint density at radius 1 is 0.969 bits per heavy atom. The zero-order valence-electron chi connectivity index (χ0n) is 18.7. The van der Waals surface area contributed by atoms with Gasteiger partial charge in [0.1, 0.15) is 5.75 Å². The van der Waals surface area contributed by atoms with E-state index in [-0.39, 0.29) is 23.1 Å². The Balaban J connectivity index is 1.70. The summed E-state index contributed by atoms with van der Waals surface area (Å²) in [7, 11) is -2.21. The van der Waals surface area contributed by atoms with E-state index in [4.69, 9.17) is 4.74 Å². The van der Waals surface area contributed by atoms with Gasteiger partial charge in [0.25, 0.3) is 10.0 Å². The largest absolute Gasteiger partial charge is 0.485 e. The number of aromatic nitrogens is 1. The van der Waals surface area contributed by atoms with E-state index in [0.717, 1.165) is 5.56 Å². The van der Waals surface area contributed by atoms with E-state index in [1.807, 2.05) is 6.92 Å². The minimum absolute atomic E-state index is 0.100. The van der Waals surface area contributed by atoms with Crippen molar-refractivity contribution in [2.45, 2.75) is 32.6 Å². The second kappa shape index (κ2) is 9.00. The lowest BCUT2D eigenvalue weighted by molar-refractivity contribution is 0.0916. The number of ketones is 2. The topological polar surface area (TPSA) is 96.5 Å². The van der Waals surface area contributed by atoms with Gasteiger partial charge < -0.3 is 9.72 Å². The van der Waals surface area contributed by atoms with Crippen molar-refractivity contribution >= 4 is 27.3 Å². The fourth-order valence-corrected chi connectivity index (χ4v) is 4.73. The summed E-state index contributed by atoms with van der Waals surface area (Å²) in [5.74, 6) is 0.0497. The number of hydrogen-bond donors (Lipinski definition) is 1. The van der Waals surface area contributed by atoms with E-state index in [1.54, 1.807) is 62.4 Å². The molecule has 0 aliphatic heterocycles. The van der Waals surface area contributed by atoms with Gasteiger partial charge in [-0.3, -0.25) is 13.9 Å². The molecule has 0 bridgehead atoms. The van der Waals surface area contributed by atoms with Crippen molar-refractivity contribution in [2.75, 3.05) is 18.0 Å². The number of H-pyrrole nitrogens is 1. The highest BCUT2D eigenvalue weighted by Crippen LogP contribution is 2.25. The molecule has 0 aliphatic carbocycles. The summed E-state index contributed by atoms with van der Waals surface area (Å²) < 4.78 is 32.4. The predicted octanol–water partition coefficient (Wildman–Crippen LogP) is 4.23. The Morgan fingerprint density at radius 2 is 1.56 bits per heavy atom. The monoisotopic (exact) mass is 454 g/mol. The van der Waals surface area contributed by atoms with Crippen molar-refractivity contribution in [3.63, 3.8) is 0 Å². The van der Waals surface area contributed by atoms with Crippen LogP contribution in [0.4, 0.5) is 5.69 Å². The third-order valence-electron chi connectivity index (χ3n) is 5.32. The Labute approximate surface area is 188 Å². The first-order valence-electron chi connectivity index (χ1n) is 10.0. The molecule has 0 aliphatic rings. The lowest BCUT2D eigenvalue weighted by atomic mass is 10.1. The maximum atomic E-state index is 12.8. The molecule has 0 saturated carbocycles. The molecular formula is C24H26N2O5S. The number of aromatic amines is 1. The fraction of sp³-hybridized carbons (Fsp3) is 0.250. The standard InChI is InChI=1S/C24H26N2O5S/c1-15-6-12-21(13-7-15)32(29,30)26(5)19-8-10-20(11-9-19)31-14-22(28)24-16(2)23(18(4)27)17(3)25-24/h6-13,25H,14H2,1-5H3. The number of anilines is 1. The van der Waals surface area contributed by atoms with E-state index in [1.165, 1.54) is 18.3 Å². The first-order chi connectivity index (χ1) is 15.0. The normalized spacial score (nSPS) is 11.3. The molecule has 1 heterocycles. The van der Waals surface area contributed by atoms with Crippen LogP contribution in [0, 0.1) is 20.8 Å². The summed E-state index contributed by atoms with van der Waals surface area (Å²) in [4.78, 5) is 27.5. The summed E-state index contributed by atoms with van der Waals surface area (Å²) in [6, 6.07) is 13.1. The van der Waals surface area contributed by atoms with Crippen LogP contribution in [-0.4, -0.2) is 38.6 Å². The maximum Gasteiger partial charge on any atom is 0.264 e. The lowest BCUT2D eigenvalue weighted by Crippen LogP contribution is -2.26. The van der Waals surface area contributed by atoms with Gasteiger partial charge in [0.15, 0.2) is 12.4 Å². The van der Waals surface area contributed by atoms with Gasteiger partial charge in [-0.15, -0.1) is 0 Å². The highest BCUT2D eigenvalue weighted by Gasteiger charge is 2.22. The molecule has 0 spiro atoms. The summed E-state index contributed by atoms with van der Waals surface area (Å²) in [5.41, 5.74) is 3.59. The van der Waals surface area contributed by atoms with E-state index in [0.29, 0.717) is 34.0 Å². The van der Waals surface area contributed by atoms with Crippen molar-refractivity contribution in [1.29, 1.82) is 0 Å². The van der Waals surface area contributed by atoms with Gasteiger partial charge >= 0.3 is 0 Å². The van der Waals surface area contributed by atoms with Crippen LogP contribution in [0.3, 0.4) is 0 Å². The Kier molecular flexibility index (Phi) is 6.55. The third kappa shape index (κ3) is 4.60. The lowest BCUT2D eigenvalue weighted by Gasteiger charge is -2.20. The van der Waals surface area contributed by atoms with Gasteiger partial charge in [-0.25, -0.2) is 8.42 Å². The number of aryl methyl sites for hydroxylation is 2. The highest BCUT2D eigenvalue weighted by molar-refractivity contribution is 7.92. The smallest absolute Gasteiger partial charge is 0.264 e. The molecule has 0 unspecified atom stereocenters. The molecule has 1 N–H and O–H groups in total. The first kappa shape index (κ1) is 23.3. The fourth-order valence-electron chi connectivity index (χ4n) is 3.54. The number of rotatable bonds is 8. The van der Waals surface area contributed by atoms with Crippen molar-refractivity contribution in [3.05, 3.63) is 76.6 Å². The summed E-state index contributed by atoms with van der Waals surface area (Å²) in [5, 5.41) is 0. The van der Waals surface area contributed by atoms with Crippen LogP contribution in [-0.2, 0) is 10.0 Å². The minimum Gasteiger partial charge on any atom is -0.485 e. The first-order valence-corrected chi connectivity index (χ1v) is 11.5. The third-order valence-corrected chi connectivity index (χ3v) is 7.12. The molecular weight excluding hydrogens is 428 g/mol. The van der Waals surface area contributed by atoms with Crippen LogP contribution in [0.1, 0.15) is 44.6 Å². The van der Waals surface area contributed by atoms with Gasteiger partial charge in [0, 0.05) is 18.3 Å². The van der Waals surface area contributed by atoms with E-state index in [2.05, 4.69) is 4.98 Å². The van der Waals surface area contributed by atoms with Gasteiger partial charge in [-0.1, -0.05) is 17.7 Å². The number of carbonyl (C=O) groups is 2. The van der Waals surface area contributed by atoms with Crippen LogP contribution >= 0.6 is 0 Å². The molecule has 0 saturated heterocycles. The average molecular weight is 455 g/mol. The number of nitrogens with one attached hydrogen (secondary N) is 1. The van der Waals surface area contributed by atoms with Crippen molar-refractivity contribution in [1.82, 2.24) is 4.98 Å². The van der Waals surface area contributed by atoms with E-state index >= 15 is 0 Å². The molecule has 0 atom stereocenters. The Bertz CT molecular complexity index is 1260. The summed E-state index contributed by atoms with van der Waals surface area (Å²) >= 11 is 0. The molecule has 0 radical (unpaired) electrons. The highest BCUT2D eigenvalue weighted by atomic mass is 32.2. The zero-order valence-corrected chi connectivity index (χ0v) is 19.5. The second-order valence-electron chi connectivity index (χ2n) is 7.67. The van der Waals surface area contributed by atoms with E-state index in [9.17, 15) is 18.0 Å². The molecule has 3 aromatic rings. The van der Waals surface area contributed by atoms with Crippen molar-refractivity contribution < 1.29 is 22.7 Å². The Hall–Kier alpha value is -3.39. The number of benzene rings is 2. The molecule has 1 aromatic heterocycles. The number of nitrogens with zero attached hydrogens (tertiary/aromatic N) is 1. The summed E-state index contributed by atoms with van der Waals surface area (Å²) in [6.45, 7) is 6.62. The number of Topliss-reactive ketones (excluding diaryl/α,β-unsaturated/α-hetero) is 2. The molecule has 32 heavy (non-hydrogen) atoms. The number of hydrogen-bond acceptors (Lipinski definition) is 5. The number of sulfonamides is 1. The molecule has 2 aromatic carbocycles. The van der Waals surface area contributed by atoms with Gasteiger partial charge in [0.2, 0.25) is 5.78 Å². The zero-order chi connectivity index (χ0) is 23.6. The minimum atomic E-state index is -3.69. The molecule has 0 fully saturated rings. The van der Waals surface area contributed by atoms with Crippen LogP contribution in [0.15, 0.2) is 53.4 Å². The average Bonchev–Trinajstić information content (AvgIpc) is 3.06.